The summed E-state index contributed by atoms with van der Waals surface area (Å²) in [5.74, 6) is 4.67. The molecule has 1 saturated carbocycles. The topological polar surface area (TPSA) is 83.2 Å². The van der Waals surface area contributed by atoms with Crippen molar-refractivity contribution in [3.63, 3.8) is 0 Å². The molecule has 1 aliphatic carbocycles. The second-order valence-electron chi connectivity index (χ2n) is 7.58. The van der Waals surface area contributed by atoms with Crippen molar-refractivity contribution in [1.82, 2.24) is 24.7 Å². The molecule has 2 aromatic rings. The summed E-state index contributed by atoms with van der Waals surface area (Å²) in [7, 11) is 0. The number of piperidine rings is 1. The third kappa shape index (κ3) is 2.82. The lowest BCUT2D eigenvalue weighted by atomic mass is 10.0. The number of fused-ring (bicyclic) bond motifs is 1. The van der Waals surface area contributed by atoms with E-state index < -0.39 is 0 Å². The van der Waals surface area contributed by atoms with Crippen LogP contribution in [0.15, 0.2) is 12.4 Å². The molecule has 8 nitrogen and oxygen atoms in total. The SMILES string of the molecule is OCC1CCCCN1c1cc(N2CCn3c(nnc3C3CC3)C2)ncn1. The molecule has 1 unspecified atom stereocenters. The lowest BCUT2D eigenvalue weighted by Crippen LogP contribution is -2.42. The van der Waals surface area contributed by atoms with E-state index in [1.54, 1.807) is 6.33 Å². The van der Waals surface area contributed by atoms with E-state index in [0.29, 0.717) is 5.92 Å². The number of hydrogen-bond donors (Lipinski definition) is 1. The number of aromatic nitrogens is 5. The van der Waals surface area contributed by atoms with Gasteiger partial charge in [0.05, 0.1) is 19.2 Å². The molecule has 0 amide bonds. The Bertz CT molecular complexity index is 788. The van der Waals surface area contributed by atoms with Crippen molar-refractivity contribution in [3.05, 3.63) is 24.0 Å². The van der Waals surface area contributed by atoms with Crippen molar-refractivity contribution < 1.29 is 5.11 Å². The van der Waals surface area contributed by atoms with Gasteiger partial charge in [-0.2, -0.15) is 0 Å². The van der Waals surface area contributed by atoms with Crippen LogP contribution in [0.25, 0.3) is 0 Å². The molecular weight excluding hydrogens is 330 g/mol. The standard InChI is InChI=1S/C18H25N7O/c26-11-14-3-1-2-6-24(14)16-9-15(19-12-20-16)23-7-8-25-17(10-23)21-22-18(25)13-4-5-13/h9,12-14,26H,1-8,10-11H2. The van der Waals surface area contributed by atoms with E-state index in [1.165, 1.54) is 25.1 Å². The maximum atomic E-state index is 9.69. The molecule has 0 aromatic carbocycles. The number of aliphatic hydroxyl groups is 1. The van der Waals surface area contributed by atoms with E-state index in [9.17, 15) is 5.11 Å². The number of hydrogen-bond acceptors (Lipinski definition) is 7. The Morgan fingerprint density at radius 3 is 2.73 bits per heavy atom. The fourth-order valence-corrected chi connectivity index (χ4v) is 4.18. The van der Waals surface area contributed by atoms with Gasteiger partial charge in [0, 0.05) is 31.6 Å². The average Bonchev–Trinajstić information content (AvgIpc) is 3.46. The summed E-state index contributed by atoms with van der Waals surface area (Å²) >= 11 is 0. The van der Waals surface area contributed by atoms with E-state index in [-0.39, 0.29) is 12.6 Å². The quantitative estimate of drug-likeness (QED) is 0.885. The van der Waals surface area contributed by atoms with Crippen LogP contribution >= 0.6 is 0 Å². The molecule has 0 radical (unpaired) electrons. The van der Waals surface area contributed by atoms with Crippen LogP contribution in [0.4, 0.5) is 11.6 Å². The Morgan fingerprint density at radius 2 is 1.88 bits per heavy atom. The van der Waals surface area contributed by atoms with Crippen molar-refractivity contribution >= 4 is 11.6 Å². The van der Waals surface area contributed by atoms with Crippen LogP contribution < -0.4 is 9.80 Å². The van der Waals surface area contributed by atoms with Crippen molar-refractivity contribution in [2.45, 2.75) is 57.2 Å². The zero-order valence-electron chi connectivity index (χ0n) is 15.0. The molecule has 4 heterocycles. The Labute approximate surface area is 152 Å². The highest BCUT2D eigenvalue weighted by molar-refractivity contribution is 5.51. The van der Waals surface area contributed by atoms with Crippen LogP contribution in [0.2, 0.25) is 0 Å². The number of anilines is 2. The van der Waals surface area contributed by atoms with Crippen LogP contribution in [0.5, 0.6) is 0 Å². The second kappa shape index (κ2) is 6.50. The second-order valence-corrected chi connectivity index (χ2v) is 7.58. The molecular formula is C18H25N7O. The van der Waals surface area contributed by atoms with Crippen LogP contribution in [0, 0.1) is 0 Å². The first-order valence-electron chi connectivity index (χ1n) is 9.70. The molecule has 3 aliphatic rings. The zero-order valence-corrected chi connectivity index (χ0v) is 15.0. The summed E-state index contributed by atoms with van der Waals surface area (Å²) < 4.78 is 2.29. The molecule has 1 N–H and O–H groups in total. The van der Waals surface area contributed by atoms with Crippen molar-refractivity contribution in [2.75, 3.05) is 29.5 Å². The highest BCUT2D eigenvalue weighted by Crippen LogP contribution is 2.39. The van der Waals surface area contributed by atoms with Gasteiger partial charge in [-0.15, -0.1) is 10.2 Å². The molecule has 2 aromatic heterocycles. The summed E-state index contributed by atoms with van der Waals surface area (Å²) in [6.45, 7) is 3.68. The summed E-state index contributed by atoms with van der Waals surface area (Å²) in [5, 5.41) is 18.5. The predicted molar refractivity (Wildman–Crippen MR) is 97.1 cm³/mol. The molecule has 0 bridgehead atoms. The van der Waals surface area contributed by atoms with Crippen LogP contribution in [0.3, 0.4) is 0 Å². The first kappa shape index (κ1) is 16.0. The van der Waals surface area contributed by atoms with E-state index >= 15 is 0 Å². The van der Waals surface area contributed by atoms with Gasteiger partial charge in [-0.1, -0.05) is 0 Å². The van der Waals surface area contributed by atoms with Gasteiger partial charge in [-0.3, -0.25) is 0 Å². The fourth-order valence-electron chi connectivity index (χ4n) is 4.18. The van der Waals surface area contributed by atoms with Crippen LogP contribution in [-0.2, 0) is 13.1 Å². The molecule has 0 spiro atoms. The maximum absolute atomic E-state index is 9.69. The minimum atomic E-state index is 0.164. The molecule has 8 heteroatoms. The Hall–Kier alpha value is -2.22. The van der Waals surface area contributed by atoms with Gasteiger partial charge >= 0.3 is 0 Å². The van der Waals surface area contributed by atoms with Gasteiger partial charge < -0.3 is 19.5 Å². The van der Waals surface area contributed by atoms with Gasteiger partial charge in [-0.05, 0) is 32.1 Å². The predicted octanol–water partition coefficient (Wildman–Crippen LogP) is 1.32. The lowest BCUT2D eigenvalue weighted by molar-refractivity contribution is 0.239. The smallest absolute Gasteiger partial charge is 0.152 e. The molecule has 138 valence electrons. The Kier molecular flexibility index (Phi) is 4.00. The van der Waals surface area contributed by atoms with Gasteiger partial charge in [-0.25, -0.2) is 9.97 Å². The number of nitrogens with zero attached hydrogens (tertiary/aromatic N) is 7. The van der Waals surface area contributed by atoms with E-state index in [1.807, 2.05) is 0 Å². The van der Waals surface area contributed by atoms with Crippen LogP contribution in [0.1, 0.15) is 49.7 Å². The number of rotatable bonds is 4. The van der Waals surface area contributed by atoms with Gasteiger partial charge in [0.2, 0.25) is 0 Å². The van der Waals surface area contributed by atoms with Crippen molar-refractivity contribution in [1.29, 1.82) is 0 Å². The highest BCUT2D eigenvalue weighted by Gasteiger charge is 2.32. The zero-order chi connectivity index (χ0) is 17.5. The molecule has 2 aliphatic heterocycles. The van der Waals surface area contributed by atoms with E-state index in [2.05, 4.69) is 40.6 Å². The largest absolute Gasteiger partial charge is 0.394 e. The summed E-state index contributed by atoms with van der Waals surface area (Å²) in [6, 6.07) is 2.22. The molecule has 1 atom stereocenters. The Balaban J connectivity index is 1.37. The maximum Gasteiger partial charge on any atom is 0.152 e. The third-order valence-corrected chi connectivity index (χ3v) is 5.82. The van der Waals surface area contributed by atoms with Gasteiger partial charge in [0.1, 0.15) is 23.8 Å². The minimum absolute atomic E-state index is 0.164. The number of aliphatic hydroxyl groups excluding tert-OH is 1. The van der Waals surface area contributed by atoms with Crippen molar-refractivity contribution in [2.24, 2.45) is 0 Å². The first-order chi connectivity index (χ1) is 12.8. The Morgan fingerprint density at radius 1 is 1.00 bits per heavy atom. The lowest BCUT2D eigenvalue weighted by Gasteiger charge is -2.36. The normalized spacial score (nSPS) is 23.2. The van der Waals surface area contributed by atoms with Gasteiger partial charge in [0.15, 0.2) is 5.82 Å². The van der Waals surface area contributed by atoms with Gasteiger partial charge in [0.25, 0.3) is 0 Å². The van der Waals surface area contributed by atoms with E-state index in [4.69, 9.17) is 0 Å². The third-order valence-electron chi connectivity index (χ3n) is 5.82. The summed E-state index contributed by atoms with van der Waals surface area (Å²) in [5.41, 5.74) is 0. The minimum Gasteiger partial charge on any atom is -0.394 e. The fraction of sp³-hybridized carbons (Fsp3) is 0.667. The van der Waals surface area contributed by atoms with Crippen LogP contribution in [-0.4, -0.2) is 55.6 Å². The highest BCUT2D eigenvalue weighted by atomic mass is 16.3. The summed E-state index contributed by atoms with van der Waals surface area (Å²) in [4.78, 5) is 13.5. The van der Waals surface area contributed by atoms with Crippen molar-refractivity contribution in [3.8, 4) is 0 Å². The average molecular weight is 355 g/mol. The molecule has 26 heavy (non-hydrogen) atoms. The van der Waals surface area contributed by atoms with E-state index in [0.717, 1.165) is 56.5 Å². The molecule has 5 rings (SSSR count). The summed E-state index contributed by atoms with van der Waals surface area (Å²) in [6.07, 6.45) is 7.48. The monoisotopic (exact) mass is 355 g/mol. The first-order valence-corrected chi connectivity index (χ1v) is 9.70. The molecule has 2 fully saturated rings. The molecule has 1 saturated heterocycles.